The molecule has 5 nitrogen and oxygen atoms in total. The molecule has 6 heteroatoms. The molecule has 1 unspecified atom stereocenters. The molecule has 3 rings (SSSR count). The van der Waals surface area contributed by atoms with E-state index in [0.29, 0.717) is 6.61 Å². The number of aromatic nitrogens is 3. The summed E-state index contributed by atoms with van der Waals surface area (Å²) in [7, 11) is 1.68. The number of ether oxygens (including phenoxy) is 2. The summed E-state index contributed by atoms with van der Waals surface area (Å²) in [6, 6.07) is 9.70. The molecule has 0 saturated heterocycles. The first-order valence-electron chi connectivity index (χ1n) is 6.97. The number of nitrogens with zero attached hydrogens (tertiary/aromatic N) is 3. The first-order valence-corrected chi connectivity index (χ1v) is 7.85. The van der Waals surface area contributed by atoms with Crippen LogP contribution in [0.1, 0.15) is 23.7 Å². The van der Waals surface area contributed by atoms with Crippen molar-refractivity contribution >= 4 is 11.3 Å². The summed E-state index contributed by atoms with van der Waals surface area (Å²) in [6.45, 7) is 2.40. The highest BCUT2D eigenvalue weighted by atomic mass is 32.1. The van der Waals surface area contributed by atoms with Crippen LogP contribution in [-0.4, -0.2) is 21.9 Å². The second kappa shape index (κ2) is 6.72. The van der Waals surface area contributed by atoms with Crippen molar-refractivity contribution in [2.45, 2.75) is 19.6 Å². The van der Waals surface area contributed by atoms with Gasteiger partial charge in [-0.05, 0) is 25.1 Å². The monoisotopic (exact) mass is 315 g/mol. The van der Waals surface area contributed by atoms with Gasteiger partial charge >= 0.3 is 0 Å². The van der Waals surface area contributed by atoms with Gasteiger partial charge in [0.2, 0.25) is 0 Å². The van der Waals surface area contributed by atoms with E-state index in [1.54, 1.807) is 29.3 Å². The van der Waals surface area contributed by atoms with E-state index in [2.05, 4.69) is 10.1 Å². The highest BCUT2D eigenvalue weighted by Crippen LogP contribution is 2.24. The third kappa shape index (κ3) is 3.18. The van der Waals surface area contributed by atoms with Crippen molar-refractivity contribution in [3.05, 3.63) is 58.8 Å². The highest BCUT2D eigenvalue weighted by molar-refractivity contribution is 7.09. The molecule has 0 aliphatic heterocycles. The molecule has 0 amide bonds. The molecule has 22 heavy (non-hydrogen) atoms. The van der Waals surface area contributed by atoms with E-state index in [0.717, 1.165) is 22.1 Å². The van der Waals surface area contributed by atoms with Gasteiger partial charge in [0.25, 0.3) is 0 Å². The summed E-state index contributed by atoms with van der Waals surface area (Å²) >= 11 is 1.59. The smallest absolute Gasteiger partial charge is 0.145 e. The van der Waals surface area contributed by atoms with Gasteiger partial charge in [0.05, 0.1) is 5.69 Å². The summed E-state index contributed by atoms with van der Waals surface area (Å²) in [5, 5.41) is 7.21. The fourth-order valence-corrected chi connectivity index (χ4v) is 2.84. The van der Waals surface area contributed by atoms with Crippen LogP contribution in [0.25, 0.3) is 5.69 Å². The second-order valence-corrected chi connectivity index (χ2v) is 5.65. The summed E-state index contributed by atoms with van der Waals surface area (Å²) < 4.78 is 13.0. The van der Waals surface area contributed by atoms with E-state index in [4.69, 9.17) is 9.47 Å². The zero-order valence-corrected chi connectivity index (χ0v) is 13.3. The van der Waals surface area contributed by atoms with Crippen LogP contribution in [0.3, 0.4) is 0 Å². The number of para-hydroxylation sites is 2. The normalized spacial score (nSPS) is 12.3. The highest BCUT2D eigenvalue weighted by Gasteiger charge is 2.11. The predicted molar refractivity (Wildman–Crippen MR) is 85.4 cm³/mol. The molecular formula is C16H17N3O2S. The minimum absolute atomic E-state index is 0.00936. The number of hydrogen-bond acceptors (Lipinski definition) is 5. The first kappa shape index (κ1) is 14.7. The number of benzene rings is 1. The van der Waals surface area contributed by atoms with Gasteiger partial charge in [-0.1, -0.05) is 12.1 Å². The van der Waals surface area contributed by atoms with E-state index >= 15 is 0 Å². The third-order valence-corrected chi connectivity index (χ3v) is 4.32. The van der Waals surface area contributed by atoms with Gasteiger partial charge < -0.3 is 9.47 Å². The molecule has 0 radical (unpaired) electrons. The molecule has 0 spiro atoms. The number of hydrogen-bond donors (Lipinski definition) is 0. The van der Waals surface area contributed by atoms with Crippen molar-refractivity contribution in [1.82, 2.24) is 14.8 Å². The first-order chi connectivity index (χ1) is 10.8. The molecular weight excluding hydrogens is 298 g/mol. The number of thiazole rings is 1. The Morgan fingerprint density at radius 1 is 1.27 bits per heavy atom. The fraction of sp³-hybridized carbons (Fsp3) is 0.250. The molecule has 1 aromatic carbocycles. The van der Waals surface area contributed by atoms with E-state index in [1.807, 2.05) is 48.8 Å². The van der Waals surface area contributed by atoms with Gasteiger partial charge in [0.15, 0.2) is 0 Å². The standard InChI is InChI=1S/C16H17N3O2S/c1-12(20-2)16-18-13(11-22-16)10-21-15-7-4-3-6-14(15)19-9-5-8-17-19/h3-9,11-12H,10H2,1-2H3. The van der Waals surface area contributed by atoms with Gasteiger partial charge in [-0.25, -0.2) is 9.67 Å². The van der Waals surface area contributed by atoms with Gasteiger partial charge in [0.1, 0.15) is 29.2 Å². The zero-order chi connectivity index (χ0) is 15.4. The third-order valence-electron chi connectivity index (χ3n) is 3.26. The molecule has 0 saturated carbocycles. The molecule has 2 aromatic heterocycles. The van der Waals surface area contributed by atoms with E-state index in [-0.39, 0.29) is 6.10 Å². The number of methoxy groups -OCH3 is 1. The lowest BCUT2D eigenvalue weighted by Gasteiger charge is -2.10. The van der Waals surface area contributed by atoms with Crippen LogP contribution in [0.5, 0.6) is 5.75 Å². The lowest BCUT2D eigenvalue weighted by Crippen LogP contribution is -2.02. The molecule has 0 aliphatic carbocycles. The predicted octanol–water partition coefficient (Wildman–Crippen LogP) is 3.62. The van der Waals surface area contributed by atoms with Crippen LogP contribution < -0.4 is 4.74 Å². The average molecular weight is 315 g/mol. The minimum atomic E-state index is 0.00936. The van der Waals surface area contributed by atoms with Crippen molar-refractivity contribution in [3.63, 3.8) is 0 Å². The molecule has 2 heterocycles. The van der Waals surface area contributed by atoms with Crippen molar-refractivity contribution in [3.8, 4) is 11.4 Å². The summed E-state index contributed by atoms with van der Waals surface area (Å²) in [5.74, 6) is 0.778. The largest absolute Gasteiger partial charge is 0.485 e. The van der Waals surface area contributed by atoms with Crippen molar-refractivity contribution in [2.75, 3.05) is 7.11 Å². The van der Waals surface area contributed by atoms with Crippen LogP contribution in [0.2, 0.25) is 0 Å². The SMILES string of the molecule is COC(C)c1nc(COc2ccccc2-n2cccn2)cs1. The van der Waals surface area contributed by atoms with Gasteiger partial charge in [-0.15, -0.1) is 11.3 Å². The summed E-state index contributed by atoms with van der Waals surface area (Å²) in [4.78, 5) is 4.53. The van der Waals surface area contributed by atoms with Crippen LogP contribution in [0, 0.1) is 0 Å². The molecule has 0 N–H and O–H groups in total. The van der Waals surface area contributed by atoms with Gasteiger partial charge in [-0.3, -0.25) is 0 Å². The second-order valence-electron chi connectivity index (χ2n) is 4.76. The molecule has 0 aliphatic rings. The van der Waals surface area contributed by atoms with E-state index < -0.39 is 0 Å². The molecule has 3 aromatic rings. The Labute approximate surface area is 133 Å². The lowest BCUT2D eigenvalue weighted by atomic mass is 10.3. The van der Waals surface area contributed by atoms with Crippen molar-refractivity contribution < 1.29 is 9.47 Å². The van der Waals surface area contributed by atoms with Gasteiger partial charge in [0, 0.05) is 24.9 Å². The van der Waals surface area contributed by atoms with Crippen LogP contribution in [0.4, 0.5) is 0 Å². The van der Waals surface area contributed by atoms with Crippen LogP contribution in [0.15, 0.2) is 48.1 Å². The van der Waals surface area contributed by atoms with E-state index in [1.165, 1.54) is 0 Å². The maximum atomic E-state index is 5.92. The molecule has 0 fully saturated rings. The quantitative estimate of drug-likeness (QED) is 0.697. The lowest BCUT2D eigenvalue weighted by molar-refractivity contribution is 0.119. The Kier molecular flexibility index (Phi) is 4.50. The maximum Gasteiger partial charge on any atom is 0.145 e. The summed E-state index contributed by atoms with van der Waals surface area (Å²) in [6.07, 6.45) is 3.65. The van der Waals surface area contributed by atoms with Crippen LogP contribution in [-0.2, 0) is 11.3 Å². The average Bonchev–Trinajstić information content (AvgIpc) is 3.24. The van der Waals surface area contributed by atoms with Crippen LogP contribution >= 0.6 is 11.3 Å². The summed E-state index contributed by atoms with van der Waals surface area (Å²) in [5.41, 5.74) is 1.81. The maximum absolute atomic E-state index is 5.92. The molecule has 1 atom stereocenters. The minimum Gasteiger partial charge on any atom is -0.485 e. The molecule has 114 valence electrons. The van der Waals surface area contributed by atoms with Gasteiger partial charge in [-0.2, -0.15) is 5.10 Å². The zero-order valence-electron chi connectivity index (χ0n) is 12.5. The Morgan fingerprint density at radius 2 is 2.14 bits per heavy atom. The Hall–Kier alpha value is -2.18. The fourth-order valence-electron chi connectivity index (χ4n) is 2.01. The Morgan fingerprint density at radius 3 is 2.91 bits per heavy atom. The van der Waals surface area contributed by atoms with Crippen molar-refractivity contribution in [1.29, 1.82) is 0 Å². The van der Waals surface area contributed by atoms with Crippen molar-refractivity contribution in [2.24, 2.45) is 0 Å². The van der Waals surface area contributed by atoms with E-state index in [9.17, 15) is 0 Å². The Balaban J connectivity index is 1.73. The number of rotatable bonds is 6. The molecule has 0 bridgehead atoms. The topological polar surface area (TPSA) is 49.2 Å². The Bertz CT molecular complexity index is 725.